The molecule has 1 aromatic carbocycles. The van der Waals surface area contributed by atoms with E-state index >= 15 is 0 Å². The predicted molar refractivity (Wildman–Crippen MR) is 82.7 cm³/mol. The highest BCUT2D eigenvalue weighted by Crippen LogP contribution is 2.31. The topological polar surface area (TPSA) is 54.2 Å². The van der Waals surface area contributed by atoms with Gasteiger partial charge in [-0.25, -0.2) is 0 Å². The number of rotatable bonds is 3. The number of nitrogens with one attached hydrogen (secondary N) is 1. The summed E-state index contributed by atoms with van der Waals surface area (Å²) in [6.45, 7) is 10.1. The molecule has 0 atom stereocenters. The van der Waals surface area contributed by atoms with Crippen molar-refractivity contribution in [2.45, 2.75) is 26.2 Å². The summed E-state index contributed by atoms with van der Waals surface area (Å²) in [6, 6.07) is 8.49. The second-order valence-electron chi connectivity index (χ2n) is 6.13. The Balaban J connectivity index is 1.85. The molecule has 0 unspecified atom stereocenters. The number of hydrogen-bond acceptors (Lipinski definition) is 5. The van der Waals surface area contributed by atoms with E-state index in [1.54, 1.807) is 0 Å². The van der Waals surface area contributed by atoms with Crippen LogP contribution in [0.3, 0.4) is 0 Å². The van der Waals surface area contributed by atoms with Crippen LogP contribution in [0.25, 0.3) is 0 Å². The lowest BCUT2D eigenvalue weighted by Crippen LogP contribution is -2.44. The third-order valence-corrected chi connectivity index (χ3v) is 4.12. The minimum absolute atomic E-state index is 0.285. The maximum atomic E-state index is 5.54. The van der Waals surface area contributed by atoms with E-state index < -0.39 is 0 Å². The third kappa shape index (κ3) is 2.78. The van der Waals surface area contributed by atoms with Crippen molar-refractivity contribution in [2.75, 3.05) is 31.1 Å². The molecule has 0 saturated carbocycles. The number of piperazine rings is 1. The van der Waals surface area contributed by atoms with Gasteiger partial charge in [0.05, 0.1) is 5.41 Å². The number of hydrogen-bond donors (Lipinski definition) is 1. The molecule has 1 fully saturated rings. The van der Waals surface area contributed by atoms with Crippen LogP contribution in [-0.4, -0.2) is 36.3 Å². The zero-order chi connectivity index (χ0) is 14.9. The Morgan fingerprint density at radius 1 is 1.14 bits per heavy atom. The third-order valence-electron chi connectivity index (χ3n) is 4.12. The molecule has 21 heavy (non-hydrogen) atoms. The monoisotopic (exact) mass is 286 g/mol. The summed E-state index contributed by atoms with van der Waals surface area (Å²) in [5, 5.41) is 7.49. The van der Waals surface area contributed by atoms with Crippen LogP contribution in [0.15, 0.2) is 28.8 Å². The van der Waals surface area contributed by atoms with Gasteiger partial charge >= 0.3 is 0 Å². The van der Waals surface area contributed by atoms with Crippen molar-refractivity contribution in [1.29, 1.82) is 0 Å². The highest BCUT2D eigenvalue weighted by atomic mass is 16.5. The first-order valence-electron chi connectivity index (χ1n) is 7.44. The average molecular weight is 286 g/mol. The van der Waals surface area contributed by atoms with Gasteiger partial charge in [0, 0.05) is 26.2 Å². The molecule has 2 heterocycles. The van der Waals surface area contributed by atoms with E-state index in [1.807, 2.05) is 0 Å². The maximum absolute atomic E-state index is 5.54. The van der Waals surface area contributed by atoms with Crippen molar-refractivity contribution in [3.8, 4) is 0 Å². The van der Waals surface area contributed by atoms with E-state index in [1.165, 1.54) is 11.1 Å². The van der Waals surface area contributed by atoms with Crippen LogP contribution >= 0.6 is 0 Å². The van der Waals surface area contributed by atoms with Gasteiger partial charge in [0.15, 0.2) is 0 Å². The van der Waals surface area contributed by atoms with E-state index in [2.05, 4.69) is 65.4 Å². The highest BCUT2D eigenvalue weighted by Gasteiger charge is 2.30. The Hall–Kier alpha value is -1.88. The molecule has 3 rings (SSSR count). The second kappa shape index (κ2) is 5.48. The van der Waals surface area contributed by atoms with E-state index in [9.17, 15) is 0 Å². The minimum Gasteiger partial charge on any atom is -0.336 e. The van der Waals surface area contributed by atoms with Crippen molar-refractivity contribution in [2.24, 2.45) is 0 Å². The van der Waals surface area contributed by atoms with Crippen molar-refractivity contribution < 1.29 is 4.52 Å². The van der Waals surface area contributed by atoms with Gasteiger partial charge in [-0.3, -0.25) is 0 Å². The van der Waals surface area contributed by atoms with Gasteiger partial charge < -0.3 is 14.7 Å². The zero-order valence-electron chi connectivity index (χ0n) is 12.9. The van der Waals surface area contributed by atoms with Crippen molar-refractivity contribution in [3.05, 3.63) is 41.3 Å². The zero-order valence-corrected chi connectivity index (χ0v) is 12.9. The lowest BCUT2D eigenvalue weighted by molar-refractivity contribution is 0.332. The smallest absolute Gasteiger partial charge is 0.266 e. The number of aromatic nitrogens is 2. The molecular weight excluding hydrogens is 264 g/mol. The van der Waals surface area contributed by atoms with Crippen molar-refractivity contribution >= 4 is 5.95 Å². The Kier molecular flexibility index (Phi) is 3.68. The second-order valence-corrected chi connectivity index (χ2v) is 6.13. The molecule has 1 aromatic heterocycles. The SMILES string of the molecule is Cc1ccc(C(C)(C)c2nc(N3CCNCC3)no2)cc1. The molecular formula is C16H22N4O. The summed E-state index contributed by atoms with van der Waals surface area (Å²) in [6.07, 6.45) is 0. The van der Waals surface area contributed by atoms with Crippen LogP contribution in [0, 0.1) is 6.92 Å². The summed E-state index contributed by atoms with van der Waals surface area (Å²) >= 11 is 0. The van der Waals surface area contributed by atoms with Crippen LogP contribution in [0.2, 0.25) is 0 Å². The quantitative estimate of drug-likeness (QED) is 0.936. The number of nitrogens with zero attached hydrogens (tertiary/aromatic N) is 3. The molecule has 1 N–H and O–H groups in total. The summed E-state index contributed by atoms with van der Waals surface area (Å²) in [5.41, 5.74) is 2.15. The van der Waals surface area contributed by atoms with Crippen molar-refractivity contribution in [3.63, 3.8) is 0 Å². The van der Waals surface area contributed by atoms with E-state index in [4.69, 9.17) is 4.52 Å². The van der Waals surface area contributed by atoms with E-state index in [0.717, 1.165) is 26.2 Å². The molecule has 0 bridgehead atoms. The number of benzene rings is 1. The number of aryl methyl sites for hydroxylation is 1. The minimum atomic E-state index is -0.285. The molecule has 112 valence electrons. The lowest BCUT2D eigenvalue weighted by atomic mass is 9.84. The molecule has 5 nitrogen and oxygen atoms in total. The molecule has 0 spiro atoms. The fourth-order valence-corrected chi connectivity index (χ4v) is 2.56. The van der Waals surface area contributed by atoms with Crippen LogP contribution in [0.4, 0.5) is 5.95 Å². The first-order valence-corrected chi connectivity index (χ1v) is 7.44. The molecule has 1 aliphatic heterocycles. The summed E-state index contributed by atoms with van der Waals surface area (Å²) < 4.78 is 5.54. The average Bonchev–Trinajstić information content (AvgIpc) is 2.99. The van der Waals surface area contributed by atoms with Gasteiger partial charge in [0.25, 0.3) is 5.95 Å². The Morgan fingerprint density at radius 3 is 2.48 bits per heavy atom. The van der Waals surface area contributed by atoms with Crippen LogP contribution < -0.4 is 10.2 Å². The summed E-state index contributed by atoms with van der Waals surface area (Å²) in [4.78, 5) is 6.79. The summed E-state index contributed by atoms with van der Waals surface area (Å²) in [7, 11) is 0. The Labute approximate surface area is 125 Å². The first-order chi connectivity index (χ1) is 10.1. The lowest BCUT2D eigenvalue weighted by Gasteiger charge is -2.25. The molecule has 0 amide bonds. The molecule has 0 aliphatic carbocycles. The van der Waals surface area contributed by atoms with Gasteiger partial charge in [-0.1, -0.05) is 29.8 Å². The standard InChI is InChI=1S/C16H22N4O/c1-12-4-6-13(7-5-12)16(2,3)14-18-15(19-21-14)20-10-8-17-9-11-20/h4-7,17H,8-11H2,1-3H3. The van der Waals surface area contributed by atoms with Gasteiger partial charge in [0.1, 0.15) is 0 Å². The van der Waals surface area contributed by atoms with Crippen molar-refractivity contribution in [1.82, 2.24) is 15.5 Å². The van der Waals surface area contributed by atoms with Gasteiger partial charge in [-0.2, -0.15) is 4.98 Å². The molecule has 2 aromatic rings. The fraction of sp³-hybridized carbons (Fsp3) is 0.500. The van der Waals surface area contributed by atoms with Gasteiger partial charge in [-0.05, 0) is 31.5 Å². The van der Waals surface area contributed by atoms with Crippen LogP contribution in [-0.2, 0) is 5.41 Å². The van der Waals surface area contributed by atoms with Gasteiger partial charge in [-0.15, -0.1) is 0 Å². The van der Waals surface area contributed by atoms with Crippen LogP contribution in [0.5, 0.6) is 0 Å². The van der Waals surface area contributed by atoms with E-state index in [-0.39, 0.29) is 5.41 Å². The fourth-order valence-electron chi connectivity index (χ4n) is 2.56. The van der Waals surface area contributed by atoms with E-state index in [0.29, 0.717) is 11.8 Å². The van der Waals surface area contributed by atoms with Crippen LogP contribution in [0.1, 0.15) is 30.9 Å². The molecule has 0 radical (unpaired) electrons. The normalized spacial score (nSPS) is 16.2. The summed E-state index contributed by atoms with van der Waals surface area (Å²) in [5.74, 6) is 1.37. The van der Waals surface area contributed by atoms with Gasteiger partial charge in [0.2, 0.25) is 5.89 Å². The molecule has 5 heteroatoms. The number of anilines is 1. The highest BCUT2D eigenvalue weighted by molar-refractivity contribution is 5.35. The first kappa shape index (κ1) is 14.1. The molecule has 1 saturated heterocycles. The Morgan fingerprint density at radius 2 is 1.81 bits per heavy atom. The predicted octanol–water partition coefficient (Wildman–Crippen LogP) is 2.11. The maximum Gasteiger partial charge on any atom is 0.266 e. The Bertz CT molecular complexity index is 597. The molecule has 1 aliphatic rings. The largest absolute Gasteiger partial charge is 0.336 e.